The van der Waals surface area contributed by atoms with E-state index in [9.17, 15) is 19.2 Å². The Balaban J connectivity index is 0.000000241. The predicted octanol–water partition coefficient (Wildman–Crippen LogP) is 8.07. The van der Waals surface area contributed by atoms with Crippen LogP contribution < -0.4 is 9.47 Å². The molecule has 0 spiro atoms. The van der Waals surface area contributed by atoms with Gasteiger partial charge in [0.2, 0.25) is 0 Å². The lowest BCUT2D eigenvalue weighted by Gasteiger charge is -2.06. The molecule has 0 radical (unpaired) electrons. The summed E-state index contributed by atoms with van der Waals surface area (Å²) in [4.78, 5) is 48.7. The van der Waals surface area contributed by atoms with E-state index in [1.54, 1.807) is 28.1 Å². The van der Waals surface area contributed by atoms with E-state index in [0.717, 1.165) is 41.7 Å². The lowest BCUT2D eigenvalue weighted by molar-refractivity contribution is -0.145. The average molecular weight is 704 g/mol. The number of rotatable bonds is 12. The summed E-state index contributed by atoms with van der Waals surface area (Å²) in [5.74, 6) is -0.189. The minimum Gasteiger partial charge on any atom is -0.496 e. The lowest BCUT2D eigenvalue weighted by Crippen LogP contribution is -2.16. The molecule has 0 aliphatic heterocycles. The van der Waals surface area contributed by atoms with Crippen LogP contribution in [0.3, 0.4) is 0 Å². The van der Waals surface area contributed by atoms with Crippen molar-refractivity contribution in [3.8, 4) is 11.5 Å². The number of carbonyl (C=O) groups is 4. The van der Waals surface area contributed by atoms with Crippen molar-refractivity contribution >= 4 is 82.3 Å². The van der Waals surface area contributed by atoms with Crippen LogP contribution in [0.25, 0.3) is 20.2 Å². The Hall–Kier alpha value is -3.54. The zero-order chi connectivity index (χ0) is 32.6. The van der Waals surface area contributed by atoms with Gasteiger partial charge in [-0.2, -0.15) is 0 Å². The van der Waals surface area contributed by atoms with Crippen molar-refractivity contribution in [3.05, 3.63) is 68.8 Å². The third kappa shape index (κ3) is 8.55. The Labute approximate surface area is 273 Å². The molecule has 8 nitrogen and oxygen atoms in total. The number of methoxy groups -OCH3 is 4. The highest BCUT2D eigenvalue weighted by molar-refractivity contribution is 9.10. The summed E-state index contributed by atoms with van der Waals surface area (Å²) in [6, 6.07) is 11.5. The van der Waals surface area contributed by atoms with E-state index in [2.05, 4.69) is 32.0 Å². The van der Waals surface area contributed by atoms with Crippen molar-refractivity contribution in [2.45, 2.75) is 33.1 Å². The fraction of sp³-hybridized carbons (Fsp3) is 0.333. The number of hydrogen-bond donors (Lipinski definition) is 0. The van der Waals surface area contributed by atoms with Crippen molar-refractivity contribution < 1.29 is 38.1 Å². The Morgan fingerprint density at radius 2 is 1.20 bits per heavy atom. The highest BCUT2D eigenvalue weighted by atomic mass is 79.9. The van der Waals surface area contributed by atoms with E-state index in [0.29, 0.717) is 16.2 Å². The molecule has 4 rings (SSSR count). The first-order chi connectivity index (χ1) is 20.9. The average Bonchev–Trinajstić information content (AvgIpc) is 3.63. The summed E-state index contributed by atoms with van der Waals surface area (Å²) in [7, 11) is 5.89. The summed E-state index contributed by atoms with van der Waals surface area (Å²) in [5, 5.41) is 1.98. The van der Waals surface area contributed by atoms with Crippen LogP contribution >= 0.6 is 38.6 Å². The third-order valence-electron chi connectivity index (χ3n) is 6.81. The van der Waals surface area contributed by atoms with Gasteiger partial charge in [0.25, 0.3) is 0 Å². The molecule has 2 aromatic heterocycles. The Kier molecular flexibility index (Phi) is 12.7. The van der Waals surface area contributed by atoms with Crippen LogP contribution in [-0.4, -0.2) is 51.9 Å². The maximum atomic E-state index is 12.4. The van der Waals surface area contributed by atoms with Gasteiger partial charge in [-0.3, -0.25) is 19.2 Å². The topological polar surface area (TPSA) is 105 Å². The number of halogens is 1. The summed E-state index contributed by atoms with van der Waals surface area (Å²) in [6.07, 6.45) is 2.83. The van der Waals surface area contributed by atoms with E-state index in [-0.39, 0.29) is 36.3 Å². The number of benzene rings is 2. The van der Waals surface area contributed by atoms with Gasteiger partial charge in [0.1, 0.15) is 11.5 Å². The highest BCUT2D eigenvalue weighted by Gasteiger charge is 2.21. The molecule has 4 aromatic rings. The molecule has 44 heavy (non-hydrogen) atoms. The number of carbonyl (C=O) groups excluding carboxylic acids is 4. The number of fused-ring (bicyclic) bond motifs is 2. The van der Waals surface area contributed by atoms with Gasteiger partial charge in [0, 0.05) is 22.2 Å². The Bertz CT molecular complexity index is 1690. The molecule has 2 aromatic carbocycles. The second-order valence-electron chi connectivity index (χ2n) is 10.0. The molecular formula is C33H35BrO8S2. The number of thiophene rings is 2. The fourth-order valence-electron chi connectivity index (χ4n) is 4.42. The standard InChI is InChI=1S/C18H20O4S.C15H15BrO4S/c1-5-6-12-8-13-9-17(23-16(13)10-15(12)21-3)14(19)7-11(2)18(20)22-4;1-8(15(18)20-3)4-11(17)14-6-9-5-10(16)12(19-2)7-13(9)21-14/h5,8-11H,1,6-7H2,2-4H3;5-8H,4H2,1-3H3/t11-;8-/m00/s1. The van der Waals surface area contributed by atoms with E-state index < -0.39 is 11.8 Å². The quantitative estimate of drug-likeness (QED) is 0.0829. The first kappa shape index (κ1) is 34.9. The molecule has 11 heteroatoms. The number of allylic oxidation sites excluding steroid dienone is 1. The van der Waals surface area contributed by atoms with Crippen LogP contribution in [0.5, 0.6) is 11.5 Å². The molecule has 2 atom stereocenters. The second kappa shape index (κ2) is 16.0. The van der Waals surface area contributed by atoms with Gasteiger partial charge in [0.15, 0.2) is 11.6 Å². The first-order valence-corrected chi connectivity index (χ1v) is 16.1. The van der Waals surface area contributed by atoms with Crippen LogP contribution in [0.2, 0.25) is 0 Å². The van der Waals surface area contributed by atoms with Crippen molar-refractivity contribution in [1.82, 2.24) is 0 Å². The summed E-state index contributed by atoms with van der Waals surface area (Å²) >= 11 is 6.24. The number of ketones is 2. The van der Waals surface area contributed by atoms with Gasteiger partial charge in [-0.25, -0.2) is 0 Å². The summed E-state index contributed by atoms with van der Waals surface area (Å²) in [6.45, 7) is 7.14. The van der Waals surface area contributed by atoms with E-state index in [1.807, 2.05) is 42.5 Å². The second-order valence-corrected chi connectivity index (χ2v) is 13.1. The van der Waals surface area contributed by atoms with E-state index in [1.165, 1.54) is 36.9 Å². The van der Waals surface area contributed by atoms with Crippen LogP contribution in [0.15, 0.2) is 53.5 Å². The molecule has 2 heterocycles. The van der Waals surface area contributed by atoms with Crippen molar-refractivity contribution in [3.63, 3.8) is 0 Å². The molecule has 0 aliphatic rings. The zero-order valence-electron chi connectivity index (χ0n) is 25.5. The Morgan fingerprint density at radius 3 is 1.64 bits per heavy atom. The van der Waals surface area contributed by atoms with Crippen molar-refractivity contribution in [2.75, 3.05) is 28.4 Å². The Morgan fingerprint density at radius 1 is 0.750 bits per heavy atom. The molecule has 0 unspecified atom stereocenters. The number of hydrogen-bond acceptors (Lipinski definition) is 10. The largest absolute Gasteiger partial charge is 0.496 e. The van der Waals surface area contributed by atoms with Crippen LogP contribution in [0, 0.1) is 11.8 Å². The fourth-order valence-corrected chi connectivity index (χ4v) is 6.98. The molecule has 234 valence electrons. The minimum absolute atomic E-state index is 0.0478. The summed E-state index contributed by atoms with van der Waals surface area (Å²) in [5.41, 5.74) is 1.04. The predicted molar refractivity (Wildman–Crippen MR) is 179 cm³/mol. The van der Waals surface area contributed by atoms with Gasteiger partial charge in [0.05, 0.1) is 54.5 Å². The normalized spacial score (nSPS) is 12.1. The monoisotopic (exact) mass is 702 g/mol. The zero-order valence-corrected chi connectivity index (χ0v) is 28.7. The lowest BCUT2D eigenvalue weighted by atomic mass is 10.0. The molecule has 0 fully saturated rings. The molecule has 0 N–H and O–H groups in total. The molecule has 0 bridgehead atoms. The van der Waals surface area contributed by atoms with Gasteiger partial charge in [-0.15, -0.1) is 29.3 Å². The number of ether oxygens (including phenoxy) is 4. The maximum Gasteiger partial charge on any atom is 0.308 e. The molecule has 0 saturated heterocycles. The highest BCUT2D eigenvalue weighted by Crippen LogP contribution is 2.36. The van der Waals surface area contributed by atoms with Crippen molar-refractivity contribution in [2.24, 2.45) is 11.8 Å². The van der Waals surface area contributed by atoms with Crippen LogP contribution in [-0.2, 0) is 25.5 Å². The molecule has 0 aliphatic carbocycles. The van der Waals surface area contributed by atoms with E-state index in [4.69, 9.17) is 9.47 Å². The maximum absolute atomic E-state index is 12.4. The van der Waals surface area contributed by atoms with Gasteiger partial charge < -0.3 is 18.9 Å². The minimum atomic E-state index is -0.441. The van der Waals surface area contributed by atoms with Gasteiger partial charge in [-0.05, 0) is 75.1 Å². The number of esters is 2. The van der Waals surface area contributed by atoms with Gasteiger partial charge in [-0.1, -0.05) is 19.9 Å². The molecule has 0 saturated carbocycles. The van der Waals surface area contributed by atoms with Crippen LogP contribution in [0.4, 0.5) is 0 Å². The number of Topliss-reactive ketones (excluding diaryl/α,β-unsaturated/α-hetero) is 2. The summed E-state index contributed by atoms with van der Waals surface area (Å²) < 4.78 is 22.8. The molecular weight excluding hydrogens is 668 g/mol. The third-order valence-corrected chi connectivity index (χ3v) is 9.71. The van der Waals surface area contributed by atoms with E-state index >= 15 is 0 Å². The first-order valence-electron chi connectivity index (χ1n) is 13.7. The van der Waals surface area contributed by atoms with Gasteiger partial charge >= 0.3 is 11.9 Å². The smallest absolute Gasteiger partial charge is 0.308 e. The van der Waals surface area contributed by atoms with Crippen LogP contribution in [0.1, 0.15) is 51.6 Å². The SMILES string of the molecule is C=CCc1cc2cc(C(=O)C[C@H](C)C(=O)OC)sc2cc1OC.COC(=O)[C@@H](C)CC(=O)c1cc2cc(Br)c(OC)cc2s1. The van der Waals surface area contributed by atoms with Crippen molar-refractivity contribution in [1.29, 1.82) is 0 Å². The molecule has 0 amide bonds.